The third-order valence-electron chi connectivity index (χ3n) is 3.57. The van der Waals surface area contributed by atoms with Crippen molar-refractivity contribution in [1.82, 2.24) is 4.98 Å². The standard InChI is InChI=1S/C19H20N2OS/c1-14-19(15-6-3-2-4-7-15)21-18(23-14)8-5-13-22-17-11-9-16(20)10-12-17/h2-4,6-7,9-12H,5,8,13,20H2,1H3. The Morgan fingerprint density at radius 2 is 1.78 bits per heavy atom. The van der Waals surface area contributed by atoms with Crippen LogP contribution >= 0.6 is 11.3 Å². The van der Waals surface area contributed by atoms with Crippen molar-refractivity contribution in [1.29, 1.82) is 0 Å². The molecule has 0 unspecified atom stereocenters. The highest BCUT2D eigenvalue weighted by atomic mass is 32.1. The second-order valence-electron chi connectivity index (χ2n) is 5.40. The Balaban J connectivity index is 1.54. The van der Waals surface area contributed by atoms with E-state index in [1.807, 2.05) is 42.5 Å². The van der Waals surface area contributed by atoms with Gasteiger partial charge in [-0.05, 0) is 37.6 Å². The van der Waals surface area contributed by atoms with Crippen LogP contribution in [0.25, 0.3) is 11.3 Å². The van der Waals surface area contributed by atoms with Crippen LogP contribution < -0.4 is 10.5 Å². The molecule has 118 valence electrons. The van der Waals surface area contributed by atoms with Crippen LogP contribution in [-0.4, -0.2) is 11.6 Å². The summed E-state index contributed by atoms with van der Waals surface area (Å²) < 4.78 is 5.73. The lowest BCUT2D eigenvalue weighted by Gasteiger charge is -2.05. The summed E-state index contributed by atoms with van der Waals surface area (Å²) in [5, 5.41) is 1.17. The maximum Gasteiger partial charge on any atom is 0.119 e. The van der Waals surface area contributed by atoms with Crippen molar-refractivity contribution < 1.29 is 4.74 Å². The van der Waals surface area contributed by atoms with Gasteiger partial charge in [0.15, 0.2) is 0 Å². The predicted octanol–water partition coefficient (Wildman–Crippen LogP) is 4.71. The highest BCUT2D eigenvalue weighted by Crippen LogP contribution is 2.27. The van der Waals surface area contributed by atoms with E-state index in [1.54, 1.807) is 11.3 Å². The molecule has 3 nitrogen and oxygen atoms in total. The number of thiazole rings is 1. The molecule has 0 aliphatic carbocycles. The fourth-order valence-corrected chi connectivity index (χ4v) is 3.40. The van der Waals surface area contributed by atoms with Crippen LogP contribution in [0.15, 0.2) is 54.6 Å². The van der Waals surface area contributed by atoms with Crippen molar-refractivity contribution >= 4 is 17.0 Å². The van der Waals surface area contributed by atoms with E-state index in [9.17, 15) is 0 Å². The number of aryl methyl sites for hydroxylation is 2. The second-order valence-corrected chi connectivity index (χ2v) is 6.69. The molecule has 0 spiro atoms. The van der Waals surface area contributed by atoms with Gasteiger partial charge in [-0.3, -0.25) is 0 Å². The summed E-state index contributed by atoms with van der Waals surface area (Å²) in [5.74, 6) is 0.861. The fourth-order valence-electron chi connectivity index (χ4n) is 2.40. The molecule has 0 fully saturated rings. The lowest BCUT2D eigenvalue weighted by Crippen LogP contribution is -1.99. The van der Waals surface area contributed by atoms with Crippen LogP contribution in [0.3, 0.4) is 0 Å². The third-order valence-corrected chi connectivity index (χ3v) is 4.60. The number of hydrogen-bond acceptors (Lipinski definition) is 4. The van der Waals surface area contributed by atoms with E-state index < -0.39 is 0 Å². The van der Waals surface area contributed by atoms with E-state index in [4.69, 9.17) is 15.5 Å². The van der Waals surface area contributed by atoms with Gasteiger partial charge in [-0.2, -0.15) is 0 Å². The van der Waals surface area contributed by atoms with Gasteiger partial charge in [-0.1, -0.05) is 30.3 Å². The summed E-state index contributed by atoms with van der Waals surface area (Å²) in [6.45, 7) is 2.82. The molecule has 3 rings (SSSR count). The molecule has 0 saturated heterocycles. The lowest BCUT2D eigenvalue weighted by molar-refractivity contribution is 0.311. The number of hydrogen-bond donors (Lipinski definition) is 1. The summed E-state index contributed by atoms with van der Waals surface area (Å²) in [5.41, 5.74) is 8.70. The molecule has 0 amide bonds. The Labute approximate surface area is 140 Å². The second kappa shape index (κ2) is 7.29. The van der Waals surface area contributed by atoms with E-state index in [2.05, 4.69) is 19.1 Å². The van der Waals surface area contributed by atoms with Crippen molar-refractivity contribution in [2.45, 2.75) is 19.8 Å². The maximum absolute atomic E-state index is 5.73. The zero-order chi connectivity index (χ0) is 16.1. The molecule has 23 heavy (non-hydrogen) atoms. The maximum atomic E-state index is 5.73. The first-order valence-corrected chi connectivity index (χ1v) is 8.54. The van der Waals surface area contributed by atoms with Crippen LogP contribution in [0, 0.1) is 6.92 Å². The first-order chi connectivity index (χ1) is 11.2. The highest BCUT2D eigenvalue weighted by Gasteiger charge is 2.09. The number of benzene rings is 2. The molecular weight excluding hydrogens is 304 g/mol. The van der Waals surface area contributed by atoms with Crippen molar-refractivity contribution in [2.24, 2.45) is 0 Å². The van der Waals surface area contributed by atoms with E-state index in [-0.39, 0.29) is 0 Å². The van der Waals surface area contributed by atoms with Gasteiger partial charge in [0.05, 0.1) is 17.3 Å². The minimum Gasteiger partial charge on any atom is -0.494 e. The highest BCUT2D eigenvalue weighted by molar-refractivity contribution is 7.12. The first-order valence-electron chi connectivity index (χ1n) is 7.72. The predicted molar refractivity (Wildman–Crippen MR) is 97.0 cm³/mol. The van der Waals surface area contributed by atoms with Gasteiger partial charge in [0.2, 0.25) is 0 Å². The molecule has 2 aromatic carbocycles. The summed E-state index contributed by atoms with van der Waals surface area (Å²) in [6.07, 6.45) is 1.89. The van der Waals surface area contributed by atoms with Gasteiger partial charge in [0, 0.05) is 22.5 Å². The molecule has 0 atom stereocenters. The smallest absolute Gasteiger partial charge is 0.119 e. The molecule has 2 N–H and O–H groups in total. The Hall–Kier alpha value is -2.33. The van der Waals surface area contributed by atoms with Crippen molar-refractivity contribution in [2.75, 3.05) is 12.3 Å². The molecule has 1 heterocycles. The van der Waals surface area contributed by atoms with E-state index >= 15 is 0 Å². The average molecular weight is 324 g/mol. The molecule has 0 radical (unpaired) electrons. The Kier molecular flexibility index (Phi) is 4.93. The number of nitrogen functional groups attached to an aromatic ring is 1. The Morgan fingerprint density at radius 1 is 1.04 bits per heavy atom. The van der Waals surface area contributed by atoms with Crippen LogP contribution in [0.4, 0.5) is 5.69 Å². The minimum absolute atomic E-state index is 0.684. The average Bonchev–Trinajstić information content (AvgIpc) is 2.95. The zero-order valence-corrected chi connectivity index (χ0v) is 14.0. The molecule has 0 saturated carbocycles. The topological polar surface area (TPSA) is 48.1 Å². The number of nitrogens with two attached hydrogens (primary N) is 1. The summed E-state index contributed by atoms with van der Waals surface area (Å²) in [6, 6.07) is 17.8. The van der Waals surface area contributed by atoms with Gasteiger partial charge in [-0.15, -0.1) is 11.3 Å². The Bertz CT molecular complexity index is 751. The largest absolute Gasteiger partial charge is 0.494 e. The summed E-state index contributed by atoms with van der Waals surface area (Å²) >= 11 is 1.77. The van der Waals surface area contributed by atoms with Crippen LogP contribution in [-0.2, 0) is 6.42 Å². The van der Waals surface area contributed by atoms with E-state index in [1.165, 1.54) is 15.4 Å². The SMILES string of the molecule is Cc1sc(CCCOc2ccc(N)cc2)nc1-c1ccccc1. The van der Waals surface area contributed by atoms with Crippen molar-refractivity contribution in [3.05, 3.63) is 64.5 Å². The summed E-state index contributed by atoms with van der Waals surface area (Å²) in [7, 11) is 0. The van der Waals surface area contributed by atoms with Gasteiger partial charge < -0.3 is 10.5 Å². The van der Waals surface area contributed by atoms with Gasteiger partial charge in [0.25, 0.3) is 0 Å². The Morgan fingerprint density at radius 3 is 2.52 bits per heavy atom. The monoisotopic (exact) mass is 324 g/mol. The van der Waals surface area contributed by atoms with E-state index in [0.717, 1.165) is 30.0 Å². The molecule has 3 aromatic rings. The van der Waals surface area contributed by atoms with Crippen molar-refractivity contribution in [3.63, 3.8) is 0 Å². The number of ether oxygens (including phenoxy) is 1. The van der Waals surface area contributed by atoms with Crippen LogP contribution in [0.5, 0.6) is 5.75 Å². The lowest BCUT2D eigenvalue weighted by atomic mass is 10.1. The minimum atomic E-state index is 0.684. The number of nitrogens with zero attached hydrogens (tertiary/aromatic N) is 1. The number of aromatic nitrogens is 1. The summed E-state index contributed by atoms with van der Waals surface area (Å²) in [4.78, 5) is 6.05. The fraction of sp³-hybridized carbons (Fsp3) is 0.211. The van der Waals surface area contributed by atoms with Gasteiger partial charge >= 0.3 is 0 Å². The molecular formula is C19H20N2OS. The molecule has 4 heteroatoms. The van der Waals surface area contributed by atoms with Gasteiger partial charge in [0.1, 0.15) is 5.75 Å². The zero-order valence-electron chi connectivity index (χ0n) is 13.2. The molecule has 0 aliphatic rings. The van der Waals surface area contributed by atoms with E-state index in [0.29, 0.717) is 6.61 Å². The van der Waals surface area contributed by atoms with Crippen molar-refractivity contribution in [3.8, 4) is 17.0 Å². The van der Waals surface area contributed by atoms with Gasteiger partial charge in [-0.25, -0.2) is 4.98 Å². The molecule has 0 aliphatic heterocycles. The van der Waals surface area contributed by atoms with Crippen LogP contribution in [0.2, 0.25) is 0 Å². The third kappa shape index (κ3) is 4.11. The molecule has 0 bridgehead atoms. The molecule has 1 aromatic heterocycles. The van der Waals surface area contributed by atoms with Crippen LogP contribution in [0.1, 0.15) is 16.3 Å². The normalized spacial score (nSPS) is 10.7. The first kappa shape index (κ1) is 15.6. The number of rotatable bonds is 6. The number of anilines is 1. The quantitative estimate of drug-likeness (QED) is 0.527.